The summed E-state index contributed by atoms with van der Waals surface area (Å²) >= 11 is 1.87. The molecule has 0 unspecified atom stereocenters. The van der Waals surface area contributed by atoms with Gasteiger partial charge in [-0.15, -0.1) is 11.3 Å². The Morgan fingerprint density at radius 2 is 1.16 bits per heavy atom. The average Bonchev–Trinajstić information content (AvgIpc) is 3.36. The minimum absolute atomic E-state index is 0.978. The van der Waals surface area contributed by atoms with Crippen molar-refractivity contribution in [2.75, 3.05) is 0 Å². The highest BCUT2D eigenvalue weighted by Crippen LogP contribution is 2.41. The number of rotatable bonds is 2. The number of aromatic nitrogens is 2. The van der Waals surface area contributed by atoms with Crippen LogP contribution in [0, 0.1) is 0 Å². The Hall–Kier alpha value is -4.60. The highest BCUT2D eigenvalue weighted by atomic mass is 32.1. The van der Waals surface area contributed by atoms with Crippen molar-refractivity contribution in [3.8, 4) is 22.4 Å². The van der Waals surface area contributed by atoms with Gasteiger partial charge in [0.1, 0.15) is 0 Å². The SMILES string of the molecule is c1cc(-c2ccc3c4cccnc4c4ccccc4c3n2)cc(-c2cccc3c2sc2ccccc23)c1. The van der Waals surface area contributed by atoms with Crippen molar-refractivity contribution in [2.45, 2.75) is 0 Å². The predicted octanol–water partition coefficient (Wildman–Crippen LogP) is 9.64. The molecule has 3 aromatic heterocycles. The molecular weight excluding hydrogens is 468 g/mol. The van der Waals surface area contributed by atoms with Crippen LogP contribution in [0.3, 0.4) is 0 Å². The second-order valence-corrected chi connectivity index (χ2v) is 10.5. The van der Waals surface area contributed by atoms with Gasteiger partial charge in [-0.2, -0.15) is 0 Å². The van der Waals surface area contributed by atoms with Crippen molar-refractivity contribution in [1.29, 1.82) is 0 Å². The molecule has 37 heavy (non-hydrogen) atoms. The maximum Gasteiger partial charge on any atom is 0.0795 e. The Balaban J connectivity index is 1.34. The van der Waals surface area contributed by atoms with Gasteiger partial charge in [0.15, 0.2) is 0 Å². The third-order valence-electron chi connectivity index (χ3n) is 7.30. The predicted molar refractivity (Wildman–Crippen MR) is 158 cm³/mol. The molecule has 3 heterocycles. The number of fused-ring (bicyclic) bond motifs is 9. The van der Waals surface area contributed by atoms with Crippen LogP contribution in [0.25, 0.3) is 75.1 Å². The second-order valence-electron chi connectivity index (χ2n) is 9.40. The molecule has 8 rings (SSSR count). The topological polar surface area (TPSA) is 25.8 Å². The third-order valence-corrected chi connectivity index (χ3v) is 8.52. The smallest absolute Gasteiger partial charge is 0.0795 e. The molecule has 0 fully saturated rings. The fourth-order valence-corrected chi connectivity index (χ4v) is 6.83. The number of benzene rings is 5. The molecule has 2 nitrogen and oxygen atoms in total. The first-order valence-electron chi connectivity index (χ1n) is 12.4. The fraction of sp³-hybridized carbons (Fsp3) is 0. The molecule has 0 saturated carbocycles. The van der Waals surface area contributed by atoms with Crippen LogP contribution in [0.2, 0.25) is 0 Å². The summed E-state index contributed by atoms with van der Waals surface area (Å²) in [6.45, 7) is 0. The van der Waals surface area contributed by atoms with E-state index in [-0.39, 0.29) is 0 Å². The second kappa shape index (κ2) is 7.95. The highest BCUT2D eigenvalue weighted by Gasteiger charge is 2.13. The Labute approximate surface area is 217 Å². The summed E-state index contributed by atoms with van der Waals surface area (Å²) in [6.07, 6.45) is 1.87. The number of thiophene rings is 1. The lowest BCUT2D eigenvalue weighted by Crippen LogP contribution is -1.90. The summed E-state index contributed by atoms with van der Waals surface area (Å²) < 4.78 is 2.66. The van der Waals surface area contributed by atoms with Gasteiger partial charge in [0.05, 0.1) is 16.7 Å². The maximum atomic E-state index is 5.23. The fourth-order valence-electron chi connectivity index (χ4n) is 5.60. The highest BCUT2D eigenvalue weighted by molar-refractivity contribution is 7.26. The summed E-state index contributed by atoms with van der Waals surface area (Å²) in [5, 5.41) is 7.19. The van der Waals surface area contributed by atoms with Crippen LogP contribution in [-0.4, -0.2) is 9.97 Å². The molecule has 0 aliphatic heterocycles. The van der Waals surface area contributed by atoms with Gasteiger partial charge in [0.2, 0.25) is 0 Å². The number of hydrogen-bond acceptors (Lipinski definition) is 3. The van der Waals surface area contributed by atoms with Crippen LogP contribution in [0.5, 0.6) is 0 Å². The molecular formula is C34H20N2S. The van der Waals surface area contributed by atoms with Gasteiger partial charge in [0, 0.05) is 53.5 Å². The van der Waals surface area contributed by atoms with Gasteiger partial charge in [0.25, 0.3) is 0 Å². The summed E-state index contributed by atoms with van der Waals surface area (Å²) in [7, 11) is 0. The van der Waals surface area contributed by atoms with E-state index in [0.29, 0.717) is 0 Å². The van der Waals surface area contributed by atoms with E-state index in [2.05, 4.69) is 109 Å². The molecule has 0 bridgehead atoms. The normalized spacial score (nSPS) is 11.8. The van der Waals surface area contributed by atoms with Gasteiger partial charge >= 0.3 is 0 Å². The van der Waals surface area contributed by atoms with Gasteiger partial charge in [-0.25, -0.2) is 4.98 Å². The Kier molecular flexibility index (Phi) is 4.42. The molecule has 0 radical (unpaired) electrons. The number of hydrogen-bond donors (Lipinski definition) is 0. The van der Waals surface area contributed by atoms with Crippen molar-refractivity contribution in [1.82, 2.24) is 9.97 Å². The van der Waals surface area contributed by atoms with Crippen molar-refractivity contribution in [2.24, 2.45) is 0 Å². The first-order chi connectivity index (χ1) is 18.3. The maximum absolute atomic E-state index is 5.23. The van der Waals surface area contributed by atoms with E-state index in [1.165, 1.54) is 31.3 Å². The van der Waals surface area contributed by atoms with Gasteiger partial charge in [-0.3, -0.25) is 4.98 Å². The third kappa shape index (κ3) is 3.11. The zero-order valence-corrected chi connectivity index (χ0v) is 20.7. The quantitative estimate of drug-likeness (QED) is 0.226. The van der Waals surface area contributed by atoms with Crippen LogP contribution >= 0.6 is 11.3 Å². The van der Waals surface area contributed by atoms with Gasteiger partial charge in [-0.1, -0.05) is 84.9 Å². The zero-order valence-electron chi connectivity index (χ0n) is 19.8. The molecule has 0 aliphatic carbocycles. The molecule has 0 amide bonds. The molecule has 0 saturated heterocycles. The largest absolute Gasteiger partial charge is 0.256 e. The minimum atomic E-state index is 0.978. The standard InChI is InChI=1S/C34H20N2S/c1-2-12-27-25(11-1)32-26(15-7-19-35-32)28-17-18-30(36-33(27)28)22-9-5-8-21(20-22)23-13-6-14-29-24-10-3-4-16-31(24)37-34(23)29/h1-20H. The Morgan fingerprint density at radius 1 is 0.486 bits per heavy atom. The van der Waals surface area contributed by atoms with E-state index in [0.717, 1.165) is 43.8 Å². The molecule has 3 heteroatoms. The van der Waals surface area contributed by atoms with Crippen LogP contribution < -0.4 is 0 Å². The van der Waals surface area contributed by atoms with E-state index >= 15 is 0 Å². The van der Waals surface area contributed by atoms with Crippen molar-refractivity contribution >= 4 is 64.1 Å². The Morgan fingerprint density at radius 3 is 2.05 bits per heavy atom. The van der Waals surface area contributed by atoms with E-state index in [4.69, 9.17) is 9.97 Å². The summed E-state index contributed by atoms with van der Waals surface area (Å²) in [6, 6.07) is 41.0. The lowest BCUT2D eigenvalue weighted by molar-refractivity contribution is 1.40. The van der Waals surface area contributed by atoms with Crippen LogP contribution in [0.15, 0.2) is 121 Å². The van der Waals surface area contributed by atoms with E-state index in [1.54, 1.807) is 0 Å². The van der Waals surface area contributed by atoms with Crippen molar-refractivity contribution in [3.63, 3.8) is 0 Å². The van der Waals surface area contributed by atoms with Gasteiger partial charge in [-0.05, 0) is 41.5 Å². The molecule has 0 atom stereocenters. The first kappa shape index (κ1) is 20.6. The molecule has 5 aromatic carbocycles. The Bertz CT molecular complexity index is 2120. The lowest BCUT2D eigenvalue weighted by atomic mass is 9.98. The summed E-state index contributed by atoms with van der Waals surface area (Å²) in [5.74, 6) is 0. The van der Waals surface area contributed by atoms with Crippen molar-refractivity contribution < 1.29 is 0 Å². The van der Waals surface area contributed by atoms with Crippen molar-refractivity contribution in [3.05, 3.63) is 121 Å². The minimum Gasteiger partial charge on any atom is -0.256 e. The lowest BCUT2D eigenvalue weighted by Gasteiger charge is -2.11. The van der Waals surface area contributed by atoms with E-state index in [1.807, 2.05) is 23.6 Å². The van der Waals surface area contributed by atoms with Crippen LogP contribution in [-0.2, 0) is 0 Å². The molecule has 0 N–H and O–H groups in total. The average molecular weight is 489 g/mol. The van der Waals surface area contributed by atoms with Gasteiger partial charge < -0.3 is 0 Å². The van der Waals surface area contributed by atoms with Crippen LogP contribution in [0.4, 0.5) is 0 Å². The number of pyridine rings is 2. The van der Waals surface area contributed by atoms with Crippen LogP contribution in [0.1, 0.15) is 0 Å². The molecule has 8 aromatic rings. The monoisotopic (exact) mass is 488 g/mol. The first-order valence-corrected chi connectivity index (χ1v) is 13.2. The van der Waals surface area contributed by atoms with E-state index < -0.39 is 0 Å². The molecule has 0 aliphatic rings. The number of nitrogens with zero attached hydrogens (tertiary/aromatic N) is 2. The van der Waals surface area contributed by atoms with E-state index in [9.17, 15) is 0 Å². The molecule has 172 valence electrons. The summed E-state index contributed by atoms with van der Waals surface area (Å²) in [4.78, 5) is 9.93. The molecule has 0 spiro atoms. The summed E-state index contributed by atoms with van der Waals surface area (Å²) in [5.41, 5.74) is 6.62. The zero-order chi connectivity index (χ0) is 24.3.